The zero-order valence-electron chi connectivity index (χ0n) is 11.3. The van der Waals surface area contributed by atoms with E-state index in [1.165, 1.54) is 32.4 Å². The van der Waals surface area contributed by atoms with Gasteiger partial charge in [0.1, 0.15) is 0 Å². The maximum atomic E-state index is 5.90. The molecule has 2 unspecified atom stereocenters. The number of hydrogen-bond donors (Lipinski definition) is 1. The van der Waals surface area contributed by atoms with Crippen LogP contribution >= 0.6 is 0 Å². The molecular formula is C14H27NO. The maximum absolute atomic E-state index is 5.90. The Morgan fingerprint density at radius 1 is 1.25 bits per heavy atom. The molecule has 0 radical (unpaired) electrons. The normalized spacial score (nSPS) is 39.2. The van der Waals surface area contributed by atoms with Crippen LogP contribution in [0.2, 0.25) is 0 Å². The topological polar surface area (TPSA) is 21.3 Å². The van der Waals surface area contributed by atoms with Crippen LogP contribution in [0, 0.1) is 17.3 Å². The molecule has 2 aliphatic rings. The molecule has 2 fully saturated rings. The van der Waals surface area contributed by atoms with E-state index in [-0.39, 0.29) is 5.60 Å². The van der Waals surface area contributed by atoms with E-state index in [9.17, 15) is 0 Å². The summed E-state index contributed by atoms with van der Waals surface area (Å²) in [6.45, 7) is 12.6. The van der Waals surface area contributed by atoms with Crippen molar-refractivity contribution in [2.24, 2.45) is 17.3 Å². The molecule has 0 saturated carbocycles. The first kappa shape index (κ1) is 12.4. The van der Waals surface area contributed by atoms with Crippen LogP contribution in [0.5, 0.6) is 0 Å². The van der Waals surface area contributed by atoms with Gasteiger partial charge in [0, 0.05) is 6.61 Å². The first-order valence-corrected chi connectivity index (χ1v) is 6.80. The summed E-state index contributed by atoms with van der Waals surface area (Å²) in [6.07, 6.45) is 3.84. The molecule has 0 aliphatic carbocycles. The molecule has 0 aromatic carbocycles. The van der Waals surface area contributed by atoms with Gasteiger partial charge in [-0.15, -0.1) is 0 Å². The van der Waals surface area contributed by atoms with Crippen molar-refractivity contribution in [3.05, 3.63) is 0 Å². The first-order valence-electron chi connectivity index (χ1n) is 6.80. The predicted octanol–water partition coefficient (Wildman–Crippen LogP) is 2.83. The summed E-state index contributed by atoms with van der Waals surface area (Å²) in [5.41, 5.74) is 0.629. The highest BCUT2D eigenvalue weighted by Gasteiger charge is 2.47. The molecule has 94 valence electrons. The summed E-state index contributed by atoms with van der Waals surface area (Å²) in [7, 11) is 0. The van der Waals surface area contributed by atoms with Gasteiger partial charge in [0.15, 0.2) is 0 Å². The summed E-state index contributed by atoms with van der Waals surface area (Å²) in [5, 5.41) is 3.57. The Labute approximate surface area is 100 Å². The Kier molecular flexibility index (Phi) is 3.33. The Balaban J connectivity index is 2.19. The van der Waals surface area contributed by atoms with Crippen molar-refractivity contribution in [2.45, 2.75) is 52.6 Å². The molecule has 0 aromatic heterocycles. The van der Waals surface area contributed by atoms with E-state index in [4.69, 9.17) is 4.74 Å². The molecule has 2 rings (SSSR count). The molecule has 16 heavy (non-hydrogen) atoms. The number of rotatable bonds is 1. The van der Waals surface area contributed by atoms with Gasteiger partial charge in [-0.1, -0.05) is 13.8 Å². The summed E-state index contributed by atoms with van der Waals surface area (Å²) in [4.78, 5) is 0. The van der Waals surface area contributed by atoms with Crippen LogP contribution in [-0.4, -0.2) is 25.3 Å². The van der Waals surface area contributed by atoms with Crippen LogP contribution in [0.1, 0.15) is 47.0 Å². The highest BCUT2D eigenvalue weighted by atomic mass is 16.5. The van der Waals surface area contributed by atoms with Gasteiger partial charge in [0.2, 0.25) is 0 Å². The van der Waals surface area contributed by atoms with Gasteiger partial charge >= 0.3 is 0 Å². The zero-order valence-corrected chi connectivity index (χ0v) is 11.3. The van der Waals surface area contributed by atoms with Crippen molar-refractivity contribution in [3.63, 3.8) is 0 Å². The summed E-state index contributed by atoms with van der Waals surface area (Å²) in [6, 6.07) is 0. The quantitative estimate of drug-likeness (QED) is 0.741. The van der Waals surface area contributed by atoms with Crippen LogP contribution in [0.15, 0.2) is 0 Å². The van der Waals surface area contributed by atoms with Crippen LogP contribution in [0.25, 0.3) is 0 Å². The number of nitrogens with one attached hydrogen (secondary N) is 1. The van der Waals surface area contributed by atoms with E-state index in [2.05, 4.69) is 33.0 Å². The van der Waals surface area contributed by atoms with E-state index in [0.29, 0.717) is 5.41 Å². The van der Waals surface area contributed by atoms with Crippen molar-refractivity contribution in [2.75, 3.05) is 19.7 Å². The van der Waals surface area contributed by atoms with Crippen molar-refractivity contribution in [3.8, 4) is 0 Å². The molecule has 0 amide bonds. The highest BCUT2D eigenvalue weighted by molar-refractivity contribution is 4.98. The van der Waals surface area contributed by atoms with Crippen LogP contribution in [0.3, 0.4) is 0 Å². The zero-order chi connectivity index (χ0) is 11.8. The summed E-state index contributed by atoms with van der Waals surface area (Å²) >= 11 is 0. The molecule has 0 bridgehead atoms. The number of hydrogen-bond acceptors (Lipinski definition) is 2. The lowest BCUT2D eigenvalue weighted by Gasteiger charge is -2.53. The second-order valence-corrected chi connectivity index (χ2v) is 6.70. The lowest BCUT2D eigenvalue weighted by atomic mass is 9.59. The molecule has 2 heteroatoms. The van der Waals surface area contributed by atoms with Crippen molar-refractivity contribution in [1.29, 1.82) is 0 Å². The Morgan fingerprint density at radius 2 is 2.00 bits per heavy atom. The Hall–Kier alpha value is -0.0800. The third-order valence-corrected chi connectivity index (χ3v) is 4.63. The van der Waals surface area contributed by atoms with Gasteiger partial charge < -0.3 is 10.1 Å². The second kappa shape index (κ2) is 4.30. The molecule has 1 N–H and O–H groups in total. The lowest BCUT2D eigenvalue weighted by Crippen LogP contribution is -2.53. The van der Waals surface area contributed by atoms with Crippen molar-refractivity contribution < 1.29 is 4.74 Å². The largest absolute Gasteiger partial charge is 0.376 e. The average molecular weight is 225 g/mol. The Morgan fingerprint density at radius 3 is 2.62 bits per heavy atom. The molecule has 0 aromatic rings. The molecule has 2 aliphatic heterocycles. The third kappa shape index (κ3) is 2.28. The smallest absolute Gasteiger partial charge is 0.0631 e. The number of piperidine rings is 1. The SMILES string of the molecule is CC(C)C1CNCCC12CCOC(C)(C)C2. The fourth-order valence-corrected chi connectivity index (χ4v) is 3.99. The minimum Gasteiger partial charge on any atom is -0.376 e. The summed E-state index contributed by atoms with van der Waals surface area (Å²) < 4.78 is 5.90. The van der Waals surface area contributed by atoms with E-state index in [0.717, 1.165) is 18.4 Å². The van der Waals surface area contributed by atoms with Gasteiger partial charge in [-0.3, -0.25) is 0 Å². The molecule has 2 atom stereocenters. The molecule has 2 heterocycles. The second-order valence-electron chi connectivity index (χ2n) is 6.70. The van der Waals surface area contributed by atoms with E-state index >= 15 is 0 Å². The molecule has 1 spiro atoms. The predicted molar refractivity (Wildman–Crippen MR) is 67.5 cm³/mol. The van der Waals surface area contributed by atoms with E-state index in [1.54, 1.807) is 0 Å². The minimum atomic E-state index is 0.0860. The third-order valence-electron chi connectivity index (χ3n) is 4.63. The first-order chi connectivity index (χ1) is 7.45. The van der Waals surface area contributed by atoms with Crippen molar-refractivity contribution in [1.82, 2.24) is 5.32 Å². The van der Waals surface area contributed by atoms with Crippen molar-refractivity contribution >= 4 is 0 Å². The molecule has 2 saturated heterocycles. The fraction of sp³-hybridized carbons (Fsp3) is 1.00. The van der Waals surface area contributed by atoms with Gasteiger partial charge in [0.25, 0.3) is 0 Å². The van der Waals surface area contributed by atoms with Crippen LogP contribution < -0.4 is 5.32 Å². The average Bonchev–Trinajstić information content (AvgIpc) is 2.15. The fourth-order valence-electron chi connectivity index (χ4n) is 3.99. The van der Waals surface area contributed by atoms with Crippen LogP contribution in [-0.2, 0) is 4.74 Å². The van der Waals surface area contributed by atoms with E-state index in [1.807, 2.05) is 0 Å². The highest BCUT2D eigenvalue weighted by Crippen LogP contribution is 2.50. The lowest BCUT2D eigenvalue weighted by molar-refractivity contribution is -0.136. The van der Waals surface area contributed by atoms with Gasteiger partial charge in [-0.05, 0) is 63.5 Å². The number of ether oxygens (including phenoxy) is 1. The Bertz CT molecular complexity index is 245. The maximum Gasteiger partial charge on any atom is 0.0631 e. The van der Waals surface area contributed by atoms with E-state index < -0.39 is 0 Å². The summed E-state index contributed by atoms with van der Waals surface area (Å²) in [5.74, 6) is 1.60. The molecular weight excluding hydrogens is 198 g/mol. The van der Waals surface area contributed by atoms with Crippen LogP contribution in [0.4, 0.5) is 0 Å². The van der Waals surface area contributed by atoms with Gasteiger partial charge in [0.05, 0.1) is 5.60 Å². The minimum absolute atomic E-state index is 0.0860. The molecule has 2 nitrogen and oxygen atoms in total. The van der Waals surface area contributed by atoms with Gasteiger partial charge in [-0.25, -0.2) is 0 Å². The standard InChI is InChI=1S/C14H27NO/c1-11(2)12-9-15-7-5-14(12)6-8-16-13(3,4)10-14/h11-12,15H,5-10H2,1-4H3. The van der Waals surface area contributed by atoms with Gasteiger partial charge in [-0.2, -0.15) is 0 Å². The monoisotopic (exact) mass is 225 g/mol.